The minimum absolute atomic E-state index is 0.00195. The molecule has 142 valence electrons. The Morgan fingerprint density at radius 1 is 0.964 bits per heavy atom. The van der Waals surface area contributed by atoms with Gasteiger partial charge in [0.15, 0.2) is 0 Å². The SMILES string of the molecule is O=C(Oc1cccc(F)c1)c1cccc(S(=O)(=O)N2CCc3ccccc32)c1. The molecule has 1 aliphatic heterocycles. The molecule has 3 aromatic carbocycles. The predicted octanol–water partition coefficient (Wildman–Crippen LogP) is 3.80. The Hall–Kier alpha value is -3.19. The lowest BCUT2D eigenvalue weighted by Gasteiger charge is -2.19. The number of halogens is 1. The van der Waals surface area contributed by atoms with E-state index >= 15 is 0 Å². The van der Waals surface area contributed by atoms with E-state index in [9.17, 15) is 17.6 Å². The van der Waals surface area contributed by atoms with E-state index < -0.39 is 21.8 Å². The summed E-state index contributed by atoms with van der Waals surface area (Å²) in [6.07, 6.45) is 0.636. The summed E-state index contributed by atoms with van der Waals surface area (Å²) in [5.74, 6) is -1.24. The van der Waals surface area contributed by atoms with Crippen LogP contribution in [0.3, 0.4) is 0 Å². The van der Waals surface area contributed by atoms with Crippen LogP contribution in [0.2, 0.25) is 0 Å². The summed E-state index contributed by atoms with van der Waals surface area (Å²) >= 11 is 0. The van der Waals surface area contributed by atoms with Crippen molar-refractivity contribution in [2.75, 3.05) is 10.8 Å². The molecule has 0 amide bonds. The molecular weight excluding hydrogens is 381 g/mol. The van der Waals surface area contributed by atoms with Crippen LogP contribution in [0.4, 0.5) is 10.1 Å². The second-order valence-electron chi connectivity index (χ2n) is 6.33. The largest absolute Gasteiger partial charge is 0.423 e. The third-order valence-corrected chi connectivity index (χ3v) is 6.32. The molecule has 7 heteroatoms. The Morgan fingerprint density at radius 2 is 1.75 bits per heavy atom. The highest BCUT2D eigenvalue weighted by Crippen LogP contribution is 2.32. The molecule has 0 fully saturated rings. The van der Waals surface area contributed by atoms with Gasteiger partial charge < -0.3 is 4.74 Å². The molecule has 0 aromatic heterocycles. The molecule has 0 bridgehead atoms. The van der Waals surface area contributed by atoms with Crippen molar-refractivity contribution < 1.29 is 22.3 Å². The van der Waals surface area contributed by atoms with Gasteiger partial charge in [0.25, 0.3) is 10.0 Å². The lowest BCUT2D eigenvalue weighted by Crippen LogP contribution is -2.29. The first kappa shape index (κ1) is 18.2. The minimum atomic E-state index is -3.82. The van der Waals surface area contributed by atoms with Crippen LogP contribution in [0.1, 0.15) is 15.9 Å². The van der Waals surface area contributed by atoms with Crippen molar-refractivity contribution in [1.29, 1.82) is 0 Å². The van der Waals surface area contributed by atoms with Gasteiger partial charge in [-0.25, -0.2) is 17.6 Å². The van der Waals surface area contributed by atoms with E-state index in [1.807, 2.05) is 12.1 Å². The molecule has 0 unspecified atom stereocenters. The van der Waals surface area contributed by atoms with Gasteiger partial charge in [0.1, 0.15) is 11.6 Å². The van der Waals surface area contributed by atoms with E-state index in [2.05, 4.69) is 0 Å². The summed E-state index contributed by atoms with van der Waals surface area (Å²) in [7, 11) is -3.82. The number of benzene rings is 3. The maximum Gasteiger partial charge on any atom is 0.343 e. The Bertz CT molecular complexity index is 1160. The average molecular weight is 397 g/mol. The first-order valence-electron chi connectivity index (χ1n) is 8.63. The van der Waals surface area contributed by atoms with Crippen LogP contribution in [0.5, 0.6) is 5.75 Å². The summed E-state index contributed by atoms with van der Waals surface area (Å²) in [6, 6.07) is 18.2. The fraction of sp³-hybridized carbons (Fsp3) is 0.0952. The van der Waals surface area contributed by atoms with Crippen LogP contribution < -0.4 is 9.04 Å². The van der Waals surface area contributed by atoms with E-state index in [0.29, 0.717) is 18.7 Å². The van der Waals surface area contributed by atoms with Crippen LogP contribution in [0.25, 0.3) is 0 Å². The smallest absolute Gasteiger partial charge is 0.343 e. The zero-order chi connectivity index (χ0) is 19.7. The van der Waals surface area contributed by atoms with Gasteiger partial charge in [-0.3, -0.25) is 4.31 Å². The molecule has 1 heterocycles. The number of hydrogen-bond acceptors (Lipinski definition) is 4. The highest BCUT2D eigenvalue weighted by atomic mass is 32.2. The summed E-state index contributed by atoms with van der Waals surface area (Å²) in [4.78, 5) is 12.4. The van der Waals surface area contributed by atoms with Gasteiger partial charge in [0.05, 0.1) is 16.1 Å². The number of ether oxygens (including phenoxy) is 1. The number of anilines is 1. The van der Waals surface area contributed by atoms with Crippen LogP contribution >= 0.6 is 0 Å². The monoisotopic (exact) mass is 397 g/mol. The maximum absolute atomic E-state index is 13.3. The number of hydrogen-bond donors (Lipinski definition) is 0. The zero-order valence-corrected chi connectivity index (χ0v) is 15.5. The van der Waals surface area contributed by atoms with Crippen molar-refractivity contribution in [3.8, 4) is 5.75 Å². The first-order valence-corrected chi connectivity index (χ1v) is 10.1. The third kappa shape index (κ3) is 3.36. The highest BCUT2D eigenvalue weighted by molar-refractivity contribution is 7.92. The number of carbonyl (C=O) groups is 1. The first-order chi connectivity index (χ1) is 13.4. The normalized spacial score (nSPS) is 13.2. The molecule has 4 rings (SSSR count). The second kappa shape index (κ2) is 7.09. The Morgan fingerprint density at radius 3 is 2.57 bits per heavy atom. The Kier molecular flexibility index (Phi) is 4.60. The van der Waals surface area contributed by atoms with Gasteiger partial charge in [0.2, 0.25) is 0 Å². The van der Waals surface area contributed by atoms with Crippen molar-refractivity contribution >= 4 is 21.7 Å². The fourth-order valence-electron chi connectivity index (χ4n) is 3.16. The standard InChI is InChI=1S/C21H16FNO4S/c22-17-7-4-8-18(14-17)27-21(24)16-6-3-9-19(13-16)28(25,26)23-12-11-15-5-1-2-10-20(15)23/h1-10,13-14H,11-12H2. The lowest BCUT2D eigenvalue weighted by atomic mass is 10.2. The zero-order valence-electron chi connectivity index (χ0n) is 14.7. The maximum atomic E-state index is 13.3. The second-order valence-corrected chi connectivity index (χ2v) is 8.19. The van der Waals surface area contributed by atoms with Gasteiger partial charge in [0, 0.05) is 12.6 Å². The van der Waals surface area contributed by atoms with Crippen molar-refractivity contribution in [1.82, 2.24) is 0 Å². The van der Waals surface area contributed by atoms with E-state index in [0.717, 1.165) is 11.6 Å². The molecule has 0 N–H and O–H groups in total. The lowest BCUT2D eigenvalue weighted by molar-refractivity contribution is 0.0734. The number of nitrogens with zero attached hydrogens (tertiary/aromatic N) is 1. The summed E-state index contributed by atoms with van der Waals surface area (Å²) in [5, 5.41) is 0. The predicted molar refractivity (Wildman–Crippen MR) is 102 cm³/mol. The van der Waals surface area contributed by atoms with E-state index in [4.69, 9.17) is 4.74 Å². The molecule has 0 saturated carbocycles. The van der Waals surface area contributed by atoms with Gasteiger partial charge in [-0.05, 0) is 48.4 Å². The third-order valence-electron chi connectivity index (χ3n) is 4.51. The Balaban J connectivity index is 1.62. The minimum Gasteiger partial charge on any atom is -0.423 e. The summed E-state index contributed by atoms with van der Waals surface area (Å²) in [6.45, 7) is 0.347. The number of fused-ring (bicyclic) bond motifs is 1. The molecule has 28 heavy (non-hydrogen) atoms. The quantitative estimate of drug-likeness (QED) is 0.496. The van der Waals surface area contributed by atoms with Crippen molar-refractivity contribution in [3.05, 3.63) is 89.7 Å². The highest BCUT2D eigenvalue weighted by Gasteiger charge is 2.31. The molecule has 0 saturated heterocycles. The molecule has 3 aromatic rings. The van der Waals surface area contributed by atoms with Crippen molar-refractivity contribution in [2.24, 2.45) is 0 Å². The van der Waals surface area contributed by atoms with Crippen molar-refractivity contribution in [3.63, 3.8) is 0 Å². The van der Waals surface area contributed by atoms with Crippen LogP contribution in [0.15, 0.2) is 77.7 Å². The van der Waals surface area contributed by atoms with Gasteiger partial charge in [-0.2, -0.15) is 0 Å². The number of esters is 1. The van der Waals surface area contributed by atoms with Crippen LogP contribution in [0, 0.1) is 5.82 Å². The molecule has 0 atom stereocenters. The number of rotatable bonds is 4. The topological polar surface area (TPSA) is 63.7 Å². The molecule has 0 spiro atoms. The van der Waals surface area contributed by atoms with Crippen LogP contribution in [-0.4, -0.2) is 20.9 Å². The van der Waals surface area contributed by atoms with E-state index in [1.54, 1.807) is 12.1 Å². The van der Waals surface area contributed by atoms with Gasteiger partial charge in [-0.1, -0.05) is 30.3 Å². The molecule has 5 nitrogen and oxygen atoms in total. The molecule has 0 radical (unpaired) electrons. The van der Waals surface area contributed by atoms with E-state index in [1.165, 1.54) is 46.8 Å². The summed E-state index contributed by atoms with van der Waals surface area (Å²) < 4.78 is 45.9. The number of para-hydroxylation sites is 1. The summed E-state index contributed by atoms with van der Waals surface area (Å²) in [5.41, 5.74) is 1.68. The number of carbonyl (C=O) groups excluding carboxylic acids is 1. The molecule has 1 aliphatic rings. The Labute approximate surface area is 162 Å². The fourth-order valence-corrected chi connectivity index (χ4v) is 4.71. The molecule has 0 aliphatic carbocycles. The van der Waals surface area contributed by atoms with Gasteiger partial charge >= 0.3 is 5.97 Å². The number of sulfonamides is 1. The van der Waals surface area contributed by atoms with Crippen LogP contribution in [-0.2, 0) is 16.4 Å². The van der Waals surface area contributed by atoms with E-state index in [-0.39, 0.29) is 16.2 Å². The van der Waals surface area contributed by atoms with Crippen molar-refractivity contribution in [2.45, 2.75) is 11.3 Å². The van der Waals surface area contributed by atoms with Gasteiger partial charge in [-0.15, -0.1) is 0 Å². The molecular formula is C21H16FNO4S. The average Bonchev–Trinajstić information content (AvgIpc) is 3.13.